The van der Waals surface area contributed by atoms with E-state index in [-0.39, 0.29) is 25.7 Å². The molecule has 19 heteroatoms. The number of hydrogen-bond donors (Lipinski definition) is 3. The Balaban J connectivity index is 5.16. The van der Waals surface area contributed by atoms with Gasteiger partial charge in [-0.1, -0.05) is 369 Å². The van der Waals surface area contributed by atoms with Gasteiger partial charge in [0.05, 0.1) is 26.4 Å². The summed E-state index contributed by atoms with van der Waals surface area (Å²) in [6.45, 7) is 9.61. The molecule has 0 bridgehead atoms. The molecule has 6 atom stereocenters. The van der Waals surface area contributed by atoms with Gasteiger partial charge in [-0.15, -0.1) is 0 Å². The van der Waals surface area contributed by atoms with Crippen molar-refractivity contribution in [1.29, 1.82) is 0 Å². The summed E-state index contributed by atoms with van der Waals surface area (Å²) in [5.74, 6) is -0.527. The maximum Gasteiger partial charge on any atom is 0.472 e. The molecule has 0 heterocycles. The topological polar surface area (TPSA) is 237 Å². The monoisotopic (exact) mass is 1450 g/mol. The molecule has 99 heavy (non-hydrogen) atoms. The van der Waals surface area contributed by atoms with Crippen LogP contribution in [0.4, 0.5) is 0 Å². The number of phosphoric ester groups is 2. The van der Waals surface area contributed by atoms with E-state index in [4.69, 9.17) is 37.0 Å². The average Bonchev–Trinajstić information content (AvgIpc) is 0.997. The summed E-state index contributed by atoms with van der Waals surface area (Å²) in [4.78, 5) is 72.8. The first kappa shape index (κ1) is 97.1. The summed E-state index contributed by atoms with van der Waals surface area (Å²) in [5.41, 5.74) is 0. The maximum atomic E-state index is 13.1. The van der Waals surface area contributed by atoms with Crippen molar-refractivity contribution in [2.75, 3.05) is 39.6 Å². The minimum Gasteiger partial charge on any atom is -0.462 e. The SMILES string of the molecule is CCCCCCCCCCCCCCCCCCCCCC(=O)OC[C@H](COP(=O)(O)OC[C@@H](O)COP(=O)(O)OC[C@@H](COC(=O)CCCCCCCCC)OC(=O)CCCCCCCCCCC(C)CC)OC(=O)CCCCCCCCCCCCCCCCCCCCC(C)C. The Hall–Kier alpha value is -1.94. The van der Waals surface area contributed by atoms with Crippen molar-refractivity contribution in [3.8, 4) is 0 Å². The summed E-state index contributed by atoms with van der Waals surface area (Å²) < 4.78 is 68.5. The highest BCUT2D eigenvalue weighted by molar-refractivity contribution is 7.47. The lowest BCUT2D eigenvalue weighted by Gasteiger charge is -2.21. The lowest BCUT2D eigenvalue weighted by Crippen LogP contribution is -2.30. The Morgan fingerprint density at radius 2 is 0.515 bits per heavy atom. The minimum absolute atomic E-state index is 0.105. The zero-order valence-corrected chi connectivity index (χ0v) is 66.6. The molecule has 0 aromatic rings. The first-order chi connectivity index (χ1) is 47.9. The number of aliphatic hydroxyl groups excluding tert-OH is 1. The van der Waals surface area contributed by atoms with Crippen molar-refractivity contribution < 1.29 is 80.2 Å². The van der Waals surface area contributed by atoms with Gasteiger partial charge in [0.25, 0.3) is 0 Å². The molecule has 0 rings (SSSR count). The van der Waals surface area contributed by atoms with Crippen molar-refractivity contribution in [3.05, 3.63) is 0 Å². The van der Waals surface area contributed by atoms with Crippen LogP contribution in [0.5, 0.6) is 0 Å². The Morgan fingerprint density at radius 1 is 0.293 bits per heavy atom. The first-order valence-corrected chi connectivity index (χ1v) is 44.5. The number of unbranched alkanes of at least 4 members (excludes halogenated alkanes) is 48. The zero-order valence-electron chi connectivity index (χ0n) is 64.8. The largest absolute Gasteiger partial charge is 0.472 e. The average molecular weight is 1450 g/mol. The Labute approximate surface area is 607 Å². The second-order valence-electron chi connectivity index (χ2n) is 29.5. The third-order valence-electron chi connectivity index (χ3n) is 19.1. The highest BCUT2D eigenvalue weighted by Gasteiger charge is 2.30. The first-order valence-electron chi connectivity index (χ1n) is 41.5. The molecule has 17 nitrogen and oxygen atoms in total. The number of carbonyl (C=O) groups is 4. The van der Waals surface area contributed by atoms with E-state index in [1.54, 1.807) is 0 Å². The summed E-state index contributed by atoms with van der Waals surface area (Å²) >= 11 is 0. The Bertz CT molecular complexity index is 1910. The van der Waals surface area contributed by atoms with E-state index in [9.17, 15) is 43.2 Å². The molecule has 0 spiro atoms. The summed E-state index contributed by atoms with van der Waals surface area (Å²) in [7, 11) is -9.91. The van der Waals surface area contributed by atoms with Gasteiger partial charge in [0.1, 0.15) is 19.3 Å². The molecule has 0 saturated carbocycles. The van der Waals surface area contributed by atoms with Crippen LogP contribution in [0, 0.1) is 11.8 Å². The molecule has 0 aliphatic rings. The van der Waals surface area contributed by atoms with Gasteiger partial charge in [0, 0.05) is 25.7 Å². The molecule has 0 amide bonds. The van der Waals surface area contributed by atoms with E-state index in [1.165, 1.54) is 225 Å². The molecular formula is C80H156O17P2. The molecule has 0 aromatic carbocycles. The Kier molecular flexibility index (Phi) is 70.3. The predicted octanol–water partition coefficient (Wildman–Crippen LogP) is 23.9. The van der Waals surface area contributed by atoms with Crippen LogP contribution in [0.15, 0.2) is 0 Å². The normalized spacial score (nSPS) is 14.2. The number of ether oxygens (including phenoxy) is 4. The van der Waals surface area contributed by atoms with Gasteiger partial charge >= 0.3 is 39.5 Å². The van der Waals surface area contributed by atoms with Crippen LogP contribution in [0.3, 0.4) is 0 Å². The van der Waals surface area contributed by atoms with Crippen LogP contribution in [-0.2, 0) is 65.4 Å². The molecule has 0 aromatic heterocycles. The van der Waals surface area contributed by atoms with Crippen LogP contribution in [0.2, 0.25) is 0 Å². The van der Waals surface area contributed by atoms with E-state index < -0.39 is 97.5 Å². The predicted molar refractivity (Wildman–Crippen MR) is 405 cm³/mol. The van der Waals surface area contributed by atoms with Crippen LogP contribution in [0.25, 0.3) is 0 Å². The van der Waals surface area contributed by atoms with Crippen LogP contribution < -0.4 is 0 Å². The van der Waals surface area contributed by atoms with Crippen molar-refractivity contribution in [3.63, 3.8) is 0 Å². The quantitative estimate of drug-likeness (QED) is 0.0222. The minimum atomic E-state index is -4.96. The van der Waals surface area contributed by atoms with E-state index in [1.807, 2.05) is 0 Å². The standard InChI is InChI=1S/C80H156O17P2/c1-7-10-12-14-16-17-18-19-20-21-22-26-29-32-35-38-45-51-57-63-78(83)91-69-76(96-79(84)64-58-52-46-39-36-33-30-27-24-23-25-28-31-34-37-43-48-54-60-72(4)5)71-95-99(88,89)93-67-74(81)66-92-98(86,87)94-70-75(68-90-77(82)62-56-50-42-15-13-11-8-2)97-80(85)65-59-53-47-41-40-44-49-55-61-73(6)9-3/h72-76,81H,7-71H2,1-6H3,(H,86,87)(H,88,89)/t73?,74-,75+,76+/m0/s1. The lowest BCUT2D eigenvalue weighted by atomic mass is 9.99. The van der Waals surface area contributed by atoms with Crippen molar-refractivity contribution >= 4 is 39.5 Å². The third kappa shape index (κ3) is 72.8. The fraction of sp³-hybridized carbons (Fsp3) is 0.950. The summed E-state index contributed by atoms with van der Waals surface area (Å²) in [6, 6.07) is 0. The molecule has 0 radical (unpaired) electrons. The fourth-order valence-electron chi connectivity index (χ4n) is 12.3. The zero-order chi connectivity index (χ0) is 72.8. The Morgan fingerprint density at radius 3 is 0.768 bits per heavy atom. The number of carbonyl (C=O) groups excluding carboxylic acids is 4. The van der Waals surface area contributed by atoms with E-state index in [0.29, 0.717) is 25.7 Å². The van der Waals surface area contributed by atoms with Crippen LogP contribution >= 0.6 is 15.6 Å². The summed E-state index contributed by atoms with van der Waals surface area (Å²) in [5, 5.41) is 10.6. The molecule has 3 unspecified atom stereocenters. The second kappa shape index (κ2) is 71.7. The number of hydrogen-bond acceptors (Lipinski definition) is 15. The van der Waals surface area contributed by atoms with Crippen molar-refractivity contribution in [1.82, 2.24) is 0 Å². The van der Waals surface area contributed by atoms with Gasteiger partial charge in [-0.2, -0.15) is 0 Å². The van der Waals surface area contributed by atoms with Crippen LogP contribution in [0.1, 0.15) is 420 Å². The van der Waals surface area contributed by atoms with Gasteiger partial charge in [-0.05, 0) is 37.5 Å². The third-order valence-corrected chi connectivity index (χ3v) is 21.0. The fourth-order valence-corrected chi connectivity index (χ4v) is 13.9. The second-order valence-corrected chi connectivity index (χ2v) is 32.4. The molecule has 0 aliphatic carbocycles. The van der Waals surface area contributed by atoms with Gasteiger partial charge in [0.15, 0.2) is 12.2 Å². The highest BCUT2D eigenvalue weighted by Crippen LogP contribution is 2.45. The summed E-state index contributed by atoms with van der Waals surface area (Å²) in [6.07, 6.45) is 61.3. The molecule has 588 valence electrons. The highest BCUT2D eigenvalue weighted by atomic mass is 31.2. The van der Waals surface area contributed by atoms with Crippen molar-refractivity contribution in [2.24, 2.45) is 11.8 Å². The van der Waals surface area contributed by atoms with E-state index in [2.05, 4.69) is 41.5 Å². The van der Waals surface area contributed by atoms with Gasteiger partial charge < -0.3 is 33.8 Å². The lowest BCUT2D eigenvalue weighted by molar-refractivity contribution is -0.161. The van der Waals surface area contributed by atoms with E-state index >= 15 is 0 Å². The molecular weight excluding hydrogens is 1290 g/mol. The molecule has 0 aliphatic heterocycles. The maximum absolute atomic E-state index is 13.1. The van der Waals surface area contributed by atoms with Gasteiger partial charge in [0.2, 0.25) is 0 Å². The number of aliphatic hydroxyl groups is 1. The van der Waals surface area contributed by atoms with E-state index in [0.717, 1.165) is 115 Å². The molecule has 3 N–H and O–H groups in total. The number of rotatable bonds is 79. The number of esters is 4. The molecule has 0 saturated heterocycles. The van der Waals surface area contributed by atoms with Gasteiger partial charge in [-0.3, -0.25) is 37.3 Å². The van der Waals surface area contributed by atoms with Crippen molar-refractivity contribution in [2.45, 2.75) is 439 Å². The number of phosphoric acid groups is 2. The molecule has 0 fully saturated rings. The van der Waals surface area contributed by atoms with Crippen LogP contribution in [-0.4, -0.2) is 96.7 Å². The smallest absolute Gasteiger partial charge is 0.462 e. The van der Waals surface area contributed by atoms with Gasteiger partial charge in [-0.25, -0.2) is 9.13 Å².